The Hall–Kier alpha value is -3.80. The van der Waals surface area contributed by atoms with Gasteiger partial charge in [-0.05, 0) is 43.7 Å². The van der Waals surface area contributed by atoms with Crippen molar-refractivity contribution < 1.29 is 23.8 Å². The van der Waals surface area contributed by atoms with Crippen LogP contribution >= 0.6 is 0 Å². The van der Waals surface area contributed by atoms with E-state index in [4.69, 9.17) is 9.15 Å². The van der Waals surface area contributed by atoms with Crippen molar-refractivity contribution in [1.82, 2.24) is 4.90 Å². The fraction of sp³-hybridized carbons (Fsp3) is 0.200. The number of carbonyl (C=O) groups is 2. The van der Waals surface area contributed by atoms with E-state index in [0.717, 1.165) is 11.1 Å². The highest BCUT2D eigenvalue weighted by molar-refractivity contribution is 6.46. The SMILES string of the molecule is CCOc1cccc(/C(O)=C2\C(=O)C(=O)N(Cc3ccco3)C2c2ccc(C)cc2)c1. The number of carbonyl (C=O) groups excluding carboxylic acids is 2. The highest BCUT2D eigenvalue weighted by Crippen LogP contribution is 2.40. The van der Waals surface area contributed by atoms with E-state index in [1.165, 1.54) is 11.2 Å². The number of benzene rings is 2. The molecule has 2 aromatic carbocycles. The van der Waals surface area contributed by atoms with Crippen LogP contribution in [0.25, 0.3) is 5.76 Å². The Morgan fingerprint density at radius 3 is 2.55 bits per heavy atom. The molecule has 31 heavy (non-hydrogen) atoms. The molecule has 3 aromatic rings. The first-order valence-corrected chi connectivity index (χ1v) is 10.1. The lowest BCUT2D eigenvalue weighted by Gasteiger charge is -2.24. The van der Waals surface area contributed by atoms with E-state index in [1.807, 2.05) is 38.1 Å². The largest absolute Gasteiger partial charge is 0.507 e. The second kappa shape index (κ2) is 8.52. The average molecular weight is 417 g/mol. The van der Waals surface area contributed by atoms with Crippen molar-refractivity contribution in [2.75, 3.05) is 6.61 Å². The number of aliphatic hydroxyl groups is 1. The number of aryl methyl sites for hydroxylation is 1. The molecule has 2 heterocycles. The summed E-state index contributed by atoms with van der Waals surface area (Å²) in [6, 6.07) is 17.2. The maximum absolute atomic E-state index is 13.0. The van der Waals surface area contributed by atoms with Crippen LogP contribution in [0.3, 0.4) is 0 Å². The van der Waals surface area contributed by atoms with E-state index >= 15 is 0 Å². The summed E-state index contributed by atoms with van der Waals surface area (Å²) in [7, 11) is 0. The van der Waals surface area contributed by atoms with Crippen molar-refractivity contribution in [2.24, 2.45) is 0 Å². The third-order valence-electron chi connectivity index (χ3n) is 5.26. The summed E-state index contributed by atoms with van der Waals surface area (Å²) in [4.78, 5) is 27.4. The molecule has 0 spiro atoms. The number of amides is 1. The van der Waals surface area contributed by atoms with E-state index in [0.29, 0.717) is 23.7 Å². The minimum absolute atomic E-state index is 0.0501. The van der Waals surface area contributed by atoms with Crippen molar-refractivity contribution in [3.8, 4) is 5.75 Å². The fourth-order valence-electron chi connectivity index (χ4n) is 3.76. The number of hydrogen-bond donors (Lipinski definition) is 1. The van der Waals surface area contributed by atoms with E-state index < -0.39 is 17.7 Å². The highest BCUT2D eigenvalue weighted by atomic mass is 16.5. The molecule has 6 heteroatoms. The number of likely N-dealkylation sites (tertiary alicyclic amines) is 1. The molecule has 0 radical (unpaired) electrons. The summed E-state index contributed by atoms with van der Waals surface area (Å²) in [5, 5.41) is 11.1. The highest BCUT2D eigenvalue weighted by Gasteiger charge is 2.46. The Kier molecular flexibility index (Phi) is 5.62. The molecule has 1 unspecified atom stereocenters. The van der Waals surface area contributed by atoms with Gasteiger partial charge in [0.05, 0.1) is 31.0 Å². The molecule has 0 bridgehead atoms. The minimum Gasteiger partial charge on any atom is -0.507 e. The third-order valence-corrected chi connectivity index (χ3v) is 5.26. The summed E-state index contributed by atoms with van der Waals surface area (Å²) >= 11 is 0. The van der Waals surface area contributed by atoms with Gasteiger partial charge in [0.25, 0.3) is 11.7 Å². The first kappa shape index (κ1) is 20.5. The van der Waals surface area contributed by atoms with Crippen molar-refractivity contribution >= 4 is 17.4 Å². The summed E-state index contributed by atoms with van der Waals surface area (Å²) in [5.74, 6) is -0.506. The van der Waals surface area contributed by atoms with Crippen LogP contribution in [0.2, 0.25) is 0 Å². The summed E-state index contributed by atoms with van der Waals surface area (Å²) in [5.41, 5.74) is 2.25. The smallest absolute Gasteiger partial charge is 0.296 e. The molecule has 1 fully saturated rings. The quantitative estimate of drug-likeness (QED) is 0.360. The summed E-state index contributed by atoms with van der Waals surface area (Å²) < 4.78 is 10.9. The molecule has 1 aliphatic rings. The number of rotatable bonds is 6. The Morgan fingerprint density at radius 1 is 1.10 bits per heavy atom. The second-order valence-electron chi connectivity index (χ2n) is 7.38. The number of ether oxygens (including phenoxy) is 1. The number of Topliss-reactive ketones (excluding diaryl/α,β-unsaturated/α-hetero) is 1. The first-order chi connectivity index (χ1) is 15.0. The van der Waals surface area contributed by atoms with Gasteiger partial charge in [0.1, 0.15) is 17.3 Å². The predicted octanol–water partition coefficient (Wildman–Crippen LogP) is 4.61. The molecule has 1 saturated heterocycles. The Bertz CT molecular complexity index is 1130. The number of furan rings is 1. The van der Waals surface area contributed by atoms with Crippen LogP contribution in [0, 0.1) is 6.92 Å². The molecule has 1 N–H and O–H groups in total. The van der Waals surface area contributed by atoms with Gasteiger partial charge in [-0.15, -0.1) is 0 Å². The Balaban J connectivity index is 1.84. The van der Waals surface area contributed by atoms with E-state index in [9.17, 15) is 14.7 Å². The average Bonchev–Trinajstić information content (AvgIpc) is 3.37. The molecule has 158 valence electrons. The zero-order chi connectivity index (χ0) is 22.0. The van der Waals surface area contributed by atoms with Gasteiger partial charge in [0.2, 0.25) is 0 Å². The molecule has 1 aliphatic heterocycles. The van der Waals surface area contributed by atoms with E-state index in [1.54, 1.807) is 36.4 Å². The molecule has 0 aliphatic carbocycles. The monoisotopic (exact) mass is 417 g/mol. The molecule has 6 nitrogen and oxygen atoms in total. The number of nitrogens with zero attached hydrogens (tertiary/aromatic N) is 1. The zero-order valence-corrected chi connectivity index (χ0v) is 17.4. The van der Waals surface area contributed by atoms with Crippen molar-refractivity contribution in [3.63, 3.8) is 0 Å². The first-order valence-electron chi connectivity index (χ1n) is 10.1. The van der Waals surface area contributed by atoms with Gasteiger partial charge in [-0.1, -0.05) is 42.0 Å². The van der Waals surface area contributed by atoms with Crippen LogP contribution in [-0.2, 0) is 16.1 Å². The topological polar surface area (TPSA) is 80.0 Å². The third kappa shape index (κ3) is 3.97. The fourth-order valence-corrected chi connectivity index (χ4v) is 3.76. The Morgan fingerprint density at radius 2 is 1.87 bits per heavy atom. The lowest BCUT2D eigenvalue weighted by molar-refractivity contribution is -0.140. The van der Waals surface area contributed by atoms with Gasteiger partial charge in [-0.2, -0.15) is 0 Å². The van der Waals surface area contributed by atoms with Crippen LogP contribution < -0.4 is 4.74 Å². The predicted molar refractivity (Wildman–Crippen MR) is 115 cm³/mol. The second-order valence-corrected chi connectivity index (χ2v) is 7.38. The molecule has 1 amide bonds. The summed E-state index contributed by atoms with van der Waals surface area (Å²) in [6.45, 7) is 4.42. The van der Waals surface area contributed by atoms with Crippen LogP contribution in [-0.4, -0.2) is 28.3 Å². The molecular formula is C25H23NO5. The molecule has 1 atom stereocenters. The minimum atomic E-state index is -0.735. The van der Waals surface area contributed by atoms with E-state index in [2.05, 4.69) is 0 Å². The molecule has 1 aromatic heterocycles. The van der Waals surface area contributed by atoms with Gasteiger partial charge in [0, 0.05) is 5.56 Å². The number of aliphatic hydroxyl groups excluding tert-OH is 1. The van der Waals surface area contributed by atoms with Crippen molar-refractivity contribution in [2.45, 2.75) is 26.4 Å². The van der Waals surface area contributed by atoms with Gasteiger partial charge in [0.15, 0.2) is 0 Å². The molecular weight excluding hydrogens is 394 g/mol. The maximum atomic E-state index is 13.0. The van der Waals surface area contributed by atoms with Gasteiger partial charge >= 0.3 is 0 Å². The standard InChI is InChI=1S/C25H23NO5/c1-3-30-19-7-4-6-18(14-19)23(27)21-22(17-11-9-16(2)10-12-17)26(25(29)24(21)28)15-20-8-5-13-31-20/h4-14,22,27H,3,15H2,1-2H3/b23-21+. The van der Waals surface area contributed by atoms with E-state index in [-0.39, 0.29) is 17.9 Å². The van der Waals surface area contributed by atoms with Crippen LogP contribution in [0.4, 0.5) is 0 Å². The maximum Gasteiger partial charge on any atom is 0.296 e. The number of hydrogen-bond acceptors (Lipinski definition) is 5. The summed E-state index contributed by atoms with van der Waals surface area (Å²) in [6.07, 6.45) is 1.52. The Labute approximate surface area is 180 Å². The van der Waals surface area contributed by atoms with Gasteiger partial charge < -0.3 is 19.2 Å². The molecule has 4 rings (SSSR count). The van der Waals surface area contributed by atoms with Gasteiger partial charge in [-0.25, -0.2) is 0 Å². The lowest BCUT2D eigenvalue weighted by atomic mass is 9.94. The lowest BCUT2D eigenvalue weighted by Crippen LogP contribution is -2.29. The van der Waals surface area contributed by atoms with Gasteiger partial charge in [-0.3, -0.25) is 9.59 Å². The van der Waals surface area contributed by atoms with Crippen LogP contribution in [0.5, 0.6) is 5.75 Å². The number of ketones is 1. The van der Waals surface area contributed by atoms with Crippen LogP contribution in [0.1, 0.15) is 35.4 Å². The van der Waals surface area contributed by atoms with Crippen molar-refractivity contribution in [3.05, 3.63) is 95.0 Å². The zero-order valence-electron chi connectivity index (χ0n) is 17.4. The van der Waals surface area contributed by atoms with Crippen molar-refractivity contribution in [1.29, 1.82) is 0 Å². The van der Waals surface area contributed by atoms with Crippen LogP contribution in [0.15, 0.2) is 76.9 Å². The normalized spacial score (nSPS) is 17.9. The molecule has 0 saturated carbocycles.